The number of nitrogens with zero attached hydrogens (tertiary/aromatic N) is 3. The van der Waals surface area contributed by atoms with E-state index in [9.17, 15) is 23.2 Å². The van der Waals surface area contributed by atoms with Crippen molar-refractivity contribution in [2.75, 3.05) is 0 Å². The summed E-state index contributed by atoms with van der Waals surface area (Å²) >= 11 is 0. The molecule has 248 valence electrons. The van der Waals surface area contributed by atoms with Crippen molar-refractivity contribution in [2.45, 2.75) is 60.5 Å². The second kappa shape index (κ2) is 14.9. The second-order valence-electron chi connectivity index (χ2n) is 11.6. The molecule has 2 aromatic heterocycles. The van der Waals surface area contributed by atoms with Gasteiger partial charge in [0.1, 0.15) is 17.7 Å². The summed E-state index contributed by atoms with van der Waals surface area (Å²) < 4.78 is 33.0. The molecule has 1 aliphatic heterocycles. The summed E-state index contributed by atoms with van der Waals surface area (Å²) in [6.07, 6.45) is 0.480. The highest BCUT2D eigenvalue weighted by Gasteiger charge is 2.35. The van der Waals surface area contributed by atoms with Crippen molar-refractivity contribution in [1.29, 1.82) is 5.26 Å². The molecule has 48 heavy (non-hydrogen) atoms. The Morgan fingerprint density at radius 2 is 1.75 bits per heavy atom. The lowest BCUT2D eigenvalue weighted by atomic mass is 9.89. The fourth-order valence-corrected chi connectivity index (χ4v) is 5.46. The van der Waals surface area contributed by atoms with Crippen molar-refractivity contribution in [3.63, 3.8) is 0 Å². The molecule has 3 aromatic carbocycles. The van der Waals surface area contributed by atoms with Crippen LogP contribution in [0.5, 0.6) is 0 Å². The molecule has 3 N–H and O–H groups in total. The number of carbonyl (C=O) groups is 2. The van der Waals surface area contributed by atoms with Crippen LogP contribution in [-0.2, 0) is 13.0 Å². The highest BCUT2D eigenvalue weighted by atomic mass is 19.1. The number of nitriles is 1. The molecule has 0 fully saturated rings. The van der Waals surface area contributed by atoms with Crippen LogP contribution in [0.3, 0.4) is 0 Å². The predicted molar refractivity (Wildman–Crippen MR) is 179 cm³/mol. The zero-order valence-corrected chi connectivity index (χ0v) is 27.7. The molecular weight excluding hydrogens is 616 g/mol. The molecule has 11 heteroatoms. The summed E-state index contributed by atoms with van der Waals surface area (Å²) in [7, 11) is 0. The molecule has 2 amide bonds. The van der Waals surface area contributed by atoms with E-state index in [4.69, 9.17) is 15.4 Å². The zero-order valence-electron chi connectivity index (χ0n) is 27.7. The monoisotopic (exact) mass is 653 g/mol. The van der Waals surface area contributed by atoms with E-state index in [1.807, 2.05) is 41.5 Å². The number of hydrogen-bond donors (Lipinski definition) is 2. The maximum Gasteiger partial charge on any atom is 0.420 e. The Balaban J connectivity index is 0.000000451. The summed E-state index contributed by atoms with van der Waals surface area (Å²) in [6, 6.07) is 16.9. The molecule has 0 saturated heterocycles. The van der Waals surface area contributed by atoms with Gasteiger partial charge < -0.3 is 15.5 Å². The number of primary amides is 1. The molecule has 0 saturated carbocycles. The third-order valence-electron chi connectivity index (χ3n) is 7.60. The van der Waals surface area contributed by atoms with Gasteiger partial charge in [-0.2, -0.15) is 5.26 Å². The van der Waals surface area contributed by atoms with Crippen LogP contribution < -0.4 is 16.8 Å². The van der Waals surface area contributed by atoms with Gasteiger partial charge in [-0.25, -0.2) is 13.6 Å². The maximum absolute atomic E-state index is 14.1. The number of hydrogen-bond acceptors (Lipinski definition) is 6. The van der Waals surface area contributed by atoms with Crippen molar-refractivity contribution in [1.82, 2.24) is 14.9 Å². The van der Waals surface area contributed by atoms with E-state index in [0.29, 0.717) is 40.0 Å². The lowest BCUT2D eigenvalue weighted by molar-refractivity contribution is 0.0958. The molecule has 9 nitrogen and oxygen atoms in total. The van der Waals surface area contributed by atoms with Crippen molar-refractivity contribution in [3.05, 3.63) is 122 Å². The first-order chi connectivity index (χ1) is 22.9. The van der Waals surface area contributed by atoms with E-state index < -0.39 is 17.5 Å². The lowest BCUT2D eigenvalue weighted by Crippen LogP contribution is -2.20. The van der Waals surface area contributed by atoms with Crippen LogP contribution in [0.15, 0.2) is 69.9 Å². The normalized spacial score (nSPS) is 13.2. The number of halogens is 2. The Labute approximate surface area is 277 Å². The Morgan fingerprint density at radius 1 is 1.06 bits per heavy atom. The summed E-state index contributed by atoms with van der Waals surface area (Å²) in [5.41, 5.74) is 10.3. The van der Waals surface area contributed by atoms with Gasteiger partial charge in [0.15, 0.2) is 5.58 Å². The number of aryl methyl sites for hydroxylation is 1. The smallest absolute Gasteiger partial charge is 0.408 e. The summed E-state index contributed by atoms with van der Waals surface area (Å²) in [5.74, 6) is -2.41. The first kappa shape index (κ1) is 35.2. The second-order valence-corrected chi connectivity index (χ2v) is 11.6. The van der Waals surface area contributed by atoms with Gasteiger partial charge in [-0.15, -0.1) is 0 Å². The number of aromatic nitrogens is 2. The van der Waals surface area contributed by atoms with E-state index in [1.54, 1.807) is 42.5 Å². The van der Waals surface area contributed by atoms with Crippen LogP contribution in [0.25, 0.3) is 22.2 Å². The number of amides is 2. The Kier molecular flexibility index (Phi) is 10.9. The van der Waals surface area contributed by atoms with Crippen molar-refractivity contribution >= 4 is 22.9 Å². The maximum atomic E-state index is 14.1. The first-order valence-electron chi connectivity index (χ1n) is 15.6. The largest absolute Gasteiger partial charge is 0.420 e. The van der Waals surface area contributed by atoms with Crippen molar-refractivity contribution < 1.29 is 22.8 Å². The van der Waals surface area contributed by atoms with E-state index in [0.717, 1.165) is 5.56 Å². The van der Waals surface area contributed by atoms with E-state index in [2.05, 4.69) is 10.3 Å². The highest BCUT2D eigenvalue weighted by molar-refractivity contribution is 6.11. The molecule has 0 bridgehead atoms. The molecule has 1 aliphatic rings. The van der Waals surface area contributed by atoms with Gasteiger partial charge >= 0.3 is 5.76 Å². The molecule has 0 spiro atoms. The topological polar surface area (TPSA) is 144 Å². The zero-order chi connectivity index (χ0) is 35.3. The van der Waals surface area contributed by atoms with Crippen LogP contribution in [0.2, 0.25) is 0 Å². The number of nitrogens with two attached hydrogens (primary N) is 1. The van der Waals surface area contributed by atoms with Gasteiger partial charge in [0.25, 0.3) is 11.8 Å². The molecule has 0 radical (unpaired) electrons. The minimum absolute atomic E-state index is 0.0173. The number of benzene rings is 3. The first-order valence-corrected chi connectivity index (χ1v) is 15.6. The van der Waals surface area contributed by atoms with Crippen LogP contribution >= 0.6 is 0 Å². The molecule has 0 aliphatic carbocycles. The number of nitrogens with one attached hydrogen (secondary N) is 1. The van der Waals surface area contributed by atoms with Crippen LogP contribution in [0.1, 0.15) is 89.5 Å². The van der Waals surface area contributed by atoms with Gasteiger partial charge in [-0.3, -0.25) is 19.1 Å². The molecule has 6 rings (SSSR count). The summed E-state index contributed by atoms with van der Waals surface area (Å²) in [6.45, 7) is 11.8. The Bertz CT molecular complexity index is 2070. The third kappa shape index (κ3) is 7.33. The Hall–Kier alpha value is -5.63. The molecule has 1 atom stereocenters. The van der Waals surface area contributed by atoms with Crippen molar-refractivity contribution in [2.24, 2.45) is 11.7 Å². The average Bonchev–Trinajstić information content (AvgIpc) is 3.51. The quantitative estimate of drug-likeness (QED) is 0.202. The van der Waals surface area contributed by atoms with Crippen molar-refractivity contribution in [3.8, 4) is 17.2 Å². The van der Waals surface area contributed by atoms with E-state index >= 15 is 0 Å². The number of pyridine rings is 1. The van der Waals surface area contributed by atoms with Gasteiger partial charge in [-0.1, -0.05) is 57.5 Å². The Morgan fingerprint density at radius 3 is 2.33 bits per heavy atom. The lowest BCUT2D eigenvalue weighted by Gasteiger charge is -2.17. The number of fused-ring (bicyclic) bond motifs is 2. The number of oxazole rings is 1. The fourth-order valence-electron chi connectivity index (χ4n) is 5.46. The standard InChI is InChI=1S/C28H24FN5O4.C7H7F.C2H6/c1-13(2)8-19-23(26(31)35)22(24-25(33-19)14(3)32-27(24)36)16-6-7-20-21(10-16)38-28(37)34(20)12-15-4-5-17(11-30)18(29)9-15;1-6-2-4-7(8)5-3-6;1-2/h4-7,9-10,13-14H,8,12H2,1-3H3,(H2,31,35)(H,32,36);2-5H,1H3;1-2H3. The molecule has 5 aromatic rings. The third-order valence-corrected chi connectivity index (χ3v) is 7.60. The minimum atomic E-state index is -0.708. The summed E-state index contributed by atoms with van der Waals surface area (Å²) in [4.78, 5) is 43.1. The SMILES string of the molecule is CC.CC(C)Cc1nc2c(c(-c3ccc4c(c3)oc(=O)n4Cc3ccc(C#N)c(F)c3)c1C(N)=O)C(=O)NC2C.Cc1ccc(F)cc1. The van der Waals surface area contributed by atoms with Gasteiger partial charge in [-0.05, 0) is 73.7 Å². The average molecular weight is 654 g/mol. The van der Waals surface area contributed by atoms with Crippen LogP contribution in [0, 0.1) is 35.8 Å². The predicted octanol–water partition coefficient (Wildman–Crippen LogP) is 6.98. The van der Waals surface area contributed by atoms with Gasteiger partial charge in [0, 0.05) is 5.56 Å². The van der Waals surface area contributed by atoms with E-state index in [-0.39, 0.29) is 52.5 Å². The molecular formula is C37H37F2N5O4. The van der Waals surface area contributed by atoms with Crippen LogP contribution in [0.4, 0.5) is 8.78 Å². The highest BCUT2D eigenvalue weighted by Crippen LogP contribution is 2.38. The minimum Gasteiger partial charge on any atom is -0.408 e. The molecule has 1 unspecified atom stereocenters. The van der Waals surface area contributed by atoms with Crippen LogP contribution in [-0.4, -0.2) is 21.4 Å². The summed E-state index contributed by atoms with van der Waals surface area (Å²) in [5, 5.41) is 11.8. The molecule has 3 heterocycles. The number of carbonyl (C=O) groups excluding carboxylic acids is 2. The number of rotatable bonds is 6. The van der Waals surface area contributed by atoms with Gasteiger partial charge in [0.05, 0.1) is 46.2 Å². The fraction of sp³-hybridized carbons (Fsp3) is 0.270. The van der Waals surface area contributed by atoms with E-state index in [1.165, 1.54) is 28.8 Å². The van der Waals surface area contributed by atoms with Gasteiger partial charge in [0.2, 0.25) is 0 Å².